The molecule has 0 saturated heterocycles. The molecule has 8 nitrogen and oxygen atoms in total. The average Bonchev–Trinajstić information content (AvgIpc) is 3.42. The van der Waals surface area contributed by atoms with Crippen LogP contribution in [0.1, 0.15) is 18.1 Å². The van der Waals surface area contributed by atoms with Crippen LogP contribution in [0.25, 0.3) is 17.1 Å². The average molecular weight is 421 g/mol. The van der Waals surface area contributed by atoms with Crippen LogP contribution in [-0.2, 0) is 11.2 Å². The molecular formula is C22H20FN5O3. The van der Waals surface area contributed by atoms with Crippen LogP contribution < -0.4 is 10.1 Å². The Morgan fingerprint density at radius 3 is 2.71 bits per heavy atom. The number of carbonyl (C=O) groups excluding carboxylic acids is 1. The lowest BCUT2D eigenvalue weighted by Gasteiger charge is -2.09. The van der Waals surface area contributed by atoms with Gasteiger partial charge in [0.2, 0.25) is 17.6 Å². The maximum atomic E-state index is 14.5. The third kappa shape index (κ3) is 4.61. The normalized spacial score (nSPS) is 10.8. The largest absolute Gasteiger partial charge is 0.497 e. The van der Waals surface area contributed by atoms with Gasteiger partial charge in [-0.05, 0) is 49.4 Å². The number of imidazole rings is 1. The van der Waals surface area contributed by atoms with E-state index < -0.39 is 5.82 Å². The Hall–Kier alpha value is -4.01. The number of benzene rings is 2. The van der Waals surface area contributed by atoms with E-state index in [1.54, 1.807) is 55.3 Å². The van der Waals surface area contributed by atoms with Crippen LogP contribution in [0.15, 0.2) is 59.4 Å². The van der Waals surface area contributed by atoms with Crippen LogP contribution in [0.5, 0.6) is 5.75 Å². The van der Waals surface area contributed by atoms with Crippen molar-refractivity contribution < 1.29 is 18.4 Å². The Bertz CT molecular complexity index is 1200. The van der Waals surface area contributed by atoms with Gasteiger partial charge in [-0.2, -0.15) is 4.98 Å². The van der Waals surface area contributed by atoms with E-state index in [9.17, 15) is 9.18 Å². The SMILES string of the molecule is COc1ccc(-c2noc(CCC(=O)Nc3ccc(-n4ccnc4C)c(F)c3)n2)cc1. The molecule has 0 aliphatic heterocycles. The summed E-state index contributed by atoms with van der Waals surface area (Å²) in [6.07, 6.45) is 3.66. The number of nitrogens with zero attached hydrogens (tertiary/aromatic N) is 4. The first-order chi connectivity index (χ1) is 15.0. The minimum Gasteiger partial charge on any atom is -0.497 e. The summed E-state index contributed by atoms with van der Waals surface area (Å²) in [7, 11) is 1.59. The molecule has 4 aromatic rings. The first-order valence-electron chi connectivity index (χ1n) is 9.60. The number of carbonyl (C=O) groups is 1. The minimum absolute atomic E-state index is 0.119. The van der Waals surface area contributed by atoms with Crippen molar-refractivity contribution in [3.63, 3.8) is 0 Å². The lowest BCUT2D eigenvalue weighted by atomic mass is 10.2. The van der Waals surface area contributed by atoms with Gasteiger partial charge in [0.1, 0.15) is 17.4 Å². The van der Waals surface area contributed by atoms with Gasteiger partial charge in [0, 0.05) is 36.5 Å². The summed E-state index contributed by atoms with van der Waals surface area (Å²) in [6, 6.07) is 11.8. The Kier molecular flexibility index (Phi) is 5.74. The van der Waals surface area contributed by atoms with Crippen molar-refractivity contribution in [1.82, 2.24) is 19.7 Å². The predicted octanol–water partition coefficient (Wildman–Crippen LogP) is 3.95. The molecule has 9 heteroatoms. The van der Waals surface area contributed by atoms with Crippen molar-refractivity contribution in [2.24, 2.45) is 0 Å². The molecule has 4 rings (SSSR count). The molecular weight excluding hydrogens is 401 g/mol. The molecule has 0 unspecified atom stereocenters. The van der Waals surface area contributed by atoms with E-state index >= 15 is 0 Å². The highest BCUT2D eigenvalue weighted by molar-refractivity contribution is 5.90. The summed E-state index contributed by atoms with van der Waals surface area (Å²) in [5, 5.41) is 6.62. The van der Waals surface area contributed by atoms with Crippen LogP contribution in [0.3, 0.4) is 0 Å². The highest BCUT2D eigenvalue weighted by Gasteiger charge is 2.13. The molecule has 2 aromatic heterocycles. The first kappa shape index (κ1) is 20.3. The number of methoxy groups -OCH3 is 1. The molecule has 1 N–H and O–H groups in total. The Balaban J connectivity index is 1.35. The van der Waals surface area contributed by atoms with E-state index in [0.29, 0.717) is 28.9 Å². The number of nitrogens with one attached hydrogen (secondary N) is 1. The number of hydrogen-bond acceptors (Lipinski definition) is 6. The maximum Gasteiger partial charge on any atom is 0.227 e. The molecule has 0 fully saturated rings. The summed E-state index contributed by atoms with van der Waals surface area (Å²) in [5.41, 5.74) is 1.52. The van der Waals surface area contributed by atoms with Gasteiger partial charge in [0.25, 0.3) is 0 Å². The third-order valence-electron chi connectivity index (χ3n) is 4.70. The highest BCUT2D eigenvalue weighted by atomic mass is 19.1. The summed E-state index contributed by atoms with van der Waals surface area (Å²) in [6.45, 7) is 1.78. The van der Waals surface area contributed by atoms with Crippen LogP contribution in [0.4, 0.5) is 10.1 Å². The second-order valence-corrected chi connectivity index (χ2v) is 6.80. The van der Waals surface area contributed by atoms with Gasteiger partial charge in [-0.25, -0.2) is 9.37 Å². The number of anilines is 1. The quantitative estimate of drug-likeness (QED) is 0.486. The van der Waals surface area contributed by atoms with Gasteiger partial charge in [-0.15, -0.1) is 0 Å². The molecule has 0 atom stereocenters. The van der Waals surface area contributed by atoms with Gasteiger partial charge < -0.3 is 19.1 Å². The summed E-state index contributed by atoms with van der Waals surface area (Å²) < 4.78 is 26.4. The van der Waals surface area contributed by atoms with Gasteiger partial charge >= 0.3 is 0 Å². The van der Waals surface area contributed by atoms with Crippen LogP contribution in [0, 0.1) is 12.7 Å². The molecule has 0 radical (unpaired) electrons. The number of aryl methyl sites for hydroxylation is 2. The molecule has 0 aliphatic carbocycles. The number of amides is 1. The van der Waals surface area contributed by atoms with Crippen molar-refractivity contribution in [3.8, 4) is 22.8 Å². The number of rotatable bonds is 7. The second-order valence-electron chi connectivity index (χ2n) is 6.80. The van der Waals surface area contributed by atoms with Crippen molar-refractivity contribution >= 4 is 11.6 Å². The van der Waals surface area contributed by atoms with Gasteiger partial charge in [-0.3, -0.25) is 4.79 Å². The van der Waals surface area contributed by atoms with Gasteiger partial charge in [0.15, 0.2) is 0 Å². The highest BCUT2D eigenvalue weighted by Crippen LogP contribution is 2.21. The van der Waals surface area contributed by atoms with Gasteiger partial charge in [0.05, 0.1) is 12.8 Å². The zero-order valence-corrected chi connectivity index (χ0v) is 17.0. The molecule has 0 spiro atoms. The molecule has 158 valence electrons. The number of halogens is 1. The Morgan fingerprint density at radius 1 is 1.23 bits per heavy atom. The molecule has 31 heavy (non-hydrogen) atoms. The molecule has 2 aromatic carbocycles. The number of aromatic nitrogens is 4. The molecule has 0 saturated carbocycles. The van der Waals surface area contributed by atoms with E-state index in [-0.39, 0.29) is 18.7 Å². The molecule has 2 heterocycles. The summed E-state index contributed by atoms with van der Waals surface area (Å²) >= 11 is 0. The Morgan fingerprint density at radius 2 is 2.03 bits per heavy atom. The van der Waals surface area contributed by atoms with Crippen LogP contribution in [0.2, 0.25) is 0 Å². The predicted molar refractivity (Wildman–Crippen MR) is 111 cm³/mol. The van der Waals surface area contributed by atoms with Gasteiger partial charge in [-0.1, -0.05) is 5.16 Å². The molecule has 0 bridgehead atoms. The van der Waals surface area contributed by atoms with E-state index in [0.717, 1.165) is 11.3 Å². The molecule has 0 aliphatic rings. The van der Waals surface area contributed by atoms with E-state index in [4.69, 9.17) is 9.26 Å². The van der Waals surface area contributed by atoms with E-state index in [1.165, 1.54) is 6.07 Å². The summed E-state index contributed by atoms with van der Waals surface area (Å²) in [4.78, 5) is 20.7. The van der Waals surface area contributed by atoms with Crippen LogP contribution >= 0.6 is 0 Å². The fourth-order valence-corrected chi connectivity index (χ4v) is 3.07. The van der Waals surface area contributed by atoms with Crippen LogP contribution in [-0.4, -0.2) is 32.7 Å². The zero-order valence-electron chi connectivity index (χ0n) is 17.0. The Labute approximate surface area is 177 Å². The summed E-state index contributed by atoms with van der Waals surface area (Å²) in [5.74, 6) is 1.44. The molecule has 1 amide bonds. The maximum absolute atomic E-state index is 14.5. The van der Waals surface area contributed by atoms with Crippen molar-refractivity contribution in [2.75, 3.05) is 12.4 Å². The fraction of sp³-hybridized carbons (Fsp3) is 0.182. The second kappa shape index (κ2) is 8.78. The third-order valence-corrected chi connectivity index (χ3v) is 4.70. The fourth-order valence-electron chi connectivity index (χ4n) is 3.07. The zero-order chi connectivity index (χ0) is 21.8. The smallest absolute Gasteiger partial charge is 0.227 e. The van der Waals surface area contributed by atoms with Crippen molar-refractivity contribution in [1.29, 1.82) is 0 Å². The lowest BCUT2D eigenvalue weighted by Crippen LogP contribution is -2.13. The minimum atomic E-state index is -0.458. The van der Waals surface area contributed by atoms with E-state index in [1.807, 2.05) is 12.1 Å². The van der Waals surface area contributed by atoms with Crippen molar-refractivity contribution in [2.45, 2.75) is 19.8 Å². The lowest BCUT2D eigenvalue weighted by molar-refractivity contribution is -0.116. The monoisotopic (exact) mass is 421 g/mol. The number of ether oxygens (including phenoxy) is 1. The van der Waals surface area contributed by atoms with E-state index in [2.05, 4.69) is 20.4 Å². The first-order valence-corrected chi connectivity index (χ1v) is 9.60. The number of hydrogen-bond donors (Lipinski definition) is 1. The van der Waals surface area contributed by atoms with Crippen molar-refractivity contribution in [3.05, 3.63) is 72.4 Å². The topological polar surface area (TPSA) is 95.1 Å². The standard InChI is InChI=1S/C22H20FN5O3/c1-14-24-11-12-28(14)19-8-5-16(13-18(19)23)25-20(29)9-10-21-26-22(27-31-21)15-3-6-17(30-2)7-4-15/h3-8,11-13H,9-10H2,1-2H3,(H,25,29).